The molecule has 0 atom stereocenters. The van der Waals surface area contributed by atoms with Crippen LogP contribution in [0.25, 0.3) is 0 Å². The average Bonchev–Trinajstić information content (AvgIpc) is 2.73. The fraction of sp³-hybridized carbons (Fsp3) is 0.462. The van der Waals surface area contributed by atoms with Crippen LogP contribution >= 0.6 is 11.6 Å². The van der Waals surface area contributed by atoms with E-state index in [-0.39, 0.29) is 47.6 Å². The number of ketones is 1. The molecule has 0 aliphatic rings. The number of carbonyl (C=O) groups is 3. The van der Waals surface area contributed by atoms with E-state index in [9.17, 15) is 14.4 Å². The monoisotopic (exact) mass is 317 g/mol. The molecule has 0 aliphatic heterocycles. The Kier molecular flexibility index (Phi) is 6.23. The minimum absolute atomic E-state index is 0.00137. The van der Waals surface area contributed by atoms with Gasteiger partial charge < -0.3 is 13.9 Å². The molecule has 0 spiro atoms. The maximum atomic E-state index is 12.0. The summed E-state index contributed by atoms with van der Waals surface area (Å²) in [6, 6.07) is 0. The summed E-state index contributed by atoms with van der Waals surface area (Å²) in [4.78, 5) is 35.1. The fourth-order valence-corrected chi connectivity index (χ4v) is 1.79. The van der Waals surface area contributed by atoms with Crippen LogP contribution in [0, 0.1) is 6.92 Å². The third-order valence-corrected chi connectivity index (χ3v) is 2.60. The molecule has 8 heteroatoms. The predicted molar refractivity (Wildman–Crippen MR) is 75.1 cm³/mol. The normalized spacial score (nSPS) is 10.1. The summed E-state index contributed by atoms with van der Waals surface area (Å²) in [7, 11) is 0. The highest BCUT2D eigenvalue weighted by molar-refractivity contribution is 6.18. The molecule has 1 amide bonds. The van der Waals surface area contributed by atoms with E-state index in [1.54, 1.807) is 6.92 Å². The van der Waals surface area contributed by atoms with Crippen LogP contribution in [-0.4, -0.2) is 36.9 Å². The summed E-state index contributed by atoms with van der Waals surface area (Å²) in [5.41, 5.74) is -0.0502. The first-order valence-corrected chi connectivity index (χ1v) is 6.77. The maximum Gasteiger partial charge on any atom is 0.414 e. The van der Waals surface area contributed by atoms with Crippen molar-refractivity contribution in [1.82, 2.24) is 0 Å². The molecule has 1 aromatic heterocycles. The lowest BCUT2D eigenvalue weighted by Gasteiger charge is -2.06. The van der Waals surface area contributed by atoms with Gasteiger partial charge in [-0.05, 0) is 20.8 Å². The van der Waals surface area contributed by atoms with Crippen LogP contribution in [0.3, 0.4) is 0 Å². The molecular weight excluding hydrogens is 302 g/mol. The molecule has 0 aliphatic carbocycles. The minimum atomic E-state index is -0.843. The van der Waals surface area contributed by atoms with Crippen molar-refractivity contribution in [3.8, 4) is 0 Å². The summed E-state index contributed by atoms with van der Waals surface area (Å²) < 4.78 is 14.9. The van der Waals surface area contributed by atoms with Gasteiger partial charge in [-0.15, -0.1) is 11.6 Å². The quantitative estimate of drug-likeness (QED) is 0.492. The Morgan fingerprint density at radius 2 is 1.90 bits per heavy atom. The van der Waals surface area contributed by atoms with Gasteiger partial charge in [-0.25, -0.2) is 9.59 Å². The first-order chi connectivity index (χ1) is 9.92. The molecule has 0 bridgehead atoms. The number of alkyl halides is 1. The van der Waals surface area contributed by atoms with Gasteiger partial charge in [0.1, 0.15) is 17.9 Å². The number of halogens is 1. The van der Waals surface area contributed by atoms with Gasteiger partial charge in [-0.1, -0.05) is 0 Å². The fourth-order valence-electron chi connectivity index (χ4n) is 1.71. The van der Waals surface area contributed by atoms with Crippen molar-refractivity contribution in [3.05, 3.63) is 16.9 Å². The Morgan fingerprint density at radius 1 is 1.24 bits per heavy atom. The number of aryl methyl sites for hydroxylation is 1. The Labute approximate surface area is 126 Å². The molecule has 7 nitrogen and oxygen atoms in total. The van der Waals surface area contributed by atoms with E-state index in [2.05, 4.69) is 5.32 Å². The van der Waals surface area contributed by atoms with Crippen LogP contribution in [0.4, 0.5) is 10.7 Å². The van der Waals surface area contributed by atoms with Gasteiger partial charge in [0.15, 0.2) is 5.78 Å². The zero-order valence-corrected chi connectivity index (χ0v) is 12.7. The van der Waals surface area contributed by atoms with Crippen molar-refractivity contribution < 1.29 is 28.3 Å². The zero-order chi connectivity index (χ0) is 16.0. The van der Waals surface area contributed by atoms with Crippen molar-refractivity contribution in [2.45, 2.75) is 20.8 Å². The number of rotatable bonds is 6. The summed E-state index contributed by atoms with van der Waals surface area (Å²) >= 11 is 5.40. The van der Waals surface area contributed by atoms with E-state index in [1.165, 1.54) is 13.8 Å². The highest BCUT2D eigenvalue weighted by Gasteiger charge is 2.28. The molecule has 0 saturated heterocycles. The third kappa shape index (κ3) is 4.22. The number of anilines is 1. The summed E-state index contributed by atoms with van der Waals surface area (Å²) in [6.07, 6.45) is -0.843. The third-order valence-electron chi connectivity index (χ3n) is 2.44. The first kappa shape index (κ1) is 17.0. The van der Waals surface area contributed by atoms with Gasteiger partial charge in [0.05, 0.1) is 18.1 Å². The van der Waals surface area contributed by atoms with Gasteiger partial charge in [0, 0.05) is 0 Å². The van der Waals surface area contributed by atoms with Crippen LogP contribution in [0.1, 0.15) is 40.3 Å². The van der Waals surface area contributed by atoms with Gasteiger partial charge in [0.2, 0.25) is 5.88 Å². The molecule has 116 valence electrons. The van der Waals surface area contributed by atoms with Crippen molar-refractivity contribution in [2.75, 3.05) is 24.4 Å². The summed E-state index contributed by atoms with van der Waals surface area (Å²) in [5, 5.41) is 2.26. The van der Waals surface area contributed by atoms with Crippen LogP contribution < -0.4 is 5.32 Å². The number of nitrogens with one attached hydrogen (secondary N) is 1. The number of carbonyl (C=O) groups excluding carboxylic acids is 3. The average molecular weight is 318 g/mol. The van der Waals surface area contributed by atoms with Gasteiger partial charge >= 0.3 is 12.1 Å². The Hall–Kier alpha value is -2.02. The molecule has 0 fully saturated rings. The Bertz CT molecular complexity index is 551. The molecule has 0 saturated carbocycles. The molecule has 1 N–H and O–H groups in total. The number of Topliss-reactive ketones (excluding diaryl/α,β-unsaturated/α-hetero) is 1. The highest BCUT2D eigenvalue weighted by Crippen LogP contribution is 2.28. The highest BCUT2D eigenvalue weighted by atomic mass is 35.5. The Balaban J connectivity index is 3.13. The van der Waals surface area contributed by atoms with Crippen molar-refractivity contribution in [2.24, 2.45) is 0 Å². The lowest BCUT2D eigenvalue weighted by molar-refractivity contribution is 0.0524. The molecule has 1 aromatic rings. The molecule has 0 unspecified atom stereocenters. The minimum Gasteiger partial charge on any atom is -0.462 e. The number of furan rings is 1. The maximum absolute atomic E-state index is 12.0. The molecule has 0 radical (unpaired) electrons. The van der Waals surface area contributed by atoms with Crippen LogP contribution in [-0.2, 0) is 9.47 Å². The topological polar surface area (TPSA) is 94.8 Å². The summed E-state index contributed by atoms with van der Waals surface area (Å²) in [5.74, 6) is -0.976. The number of esters is 1. The zero-order valence-electron chi connectivity index (χ0n) is 11.9. The lowest BCUT2D eigenvalue weighted by Crippen LogP contribution is -2.18. The predicted octanol–water partition coefficient (Wildman–Crippen LogP) is 2.75. The number of hydrogen-bond donors (Lipinski definition) is 1. The second kappa shape index (κ2) is 7.68. The number of ether oxygens (including phenoxy) is 2. The molecular formula is C13H16ClNO6. The second-order valence-electron chi connectivity index (χ2n) is 3.96. The molecule has 1 heterocycles. The van der Waals surface area contributed by atoms with Crippen molar-refractivity contribution in [1.29, 1.82) is 0 Å². The number of amides is 1. The number of hydrogen-bond acceptors (Lipinski definition) is 6. The van der Waals surface area contributed by atoms with E-state index in [4.69, 9.17) is 25.5 Å². The van der Waals surface area contributed by atoms with E-state index in [0.717, 1.165) is 0 Å². The van der Waals surface area contributed by atoms with E-state index in [0.29, 0.717) is 0 Å². The molecule has 21 heavy (non-hydrogen) atoms. The van der Waals surface area contributed by atoms with Crippen LogP contribution in [0.2, 0.25) is 0 Å². The standard InChI is InChI=1S/C13H16ClNO6/c1-4-19-12(17)10-9(7(2)16)8(3)21-11(10)15-13(18)20-6-5-14/h4-6H2,1-3H3,(H,15,18). The smallest absolute Gasteiger partial charge is 0.414 e. The van der Waals surface area contributed by atoms with E-state index < -0.39 is 12.1 Å². The first-order valence-electron chi connectivity index (χ1n) is 6.23. The van der Waals surface area contributed by atoms with Gasteiger partial charge in [-0.3, -0.25) is 10.1 Å². The lowest BCUT2D eigenvalue weighted by atomic mass is 10.1. The van der Waals surface area contributed by atoms with Crippen molar-refractivity contribution in [3.63, 3.8) is 0 Å². The Morgan fingerprint density at radius 3 is 2.43 bits per heavy atom. The van der Waals surface area contributed by atoms with Gasteiger partial charge in [0.25, 0.3) is 0 Å². The van der Waals surface area contributed by atoms with E-state index in [1.807, 2.05) is 0 Å². The largest absolute Gasteiger partial charge is 0.462 e. The van der Waals surface area contributed by atoms with Gasteiger partial charge in [-0.2, -0.15) is 0 Å². The van der Waals surface area contributed by atoms with Crippen LogP contribution in [0.5, 0.6) is 0 Å². The van der Waals surface area contributed by atoms with Crippen LogP contribution in [0.15, 0.2) is 4.42 Å². The molecule has 0 aromatic carbocycles. The van der Waals surface area contributed by atoms with E-state index >= 15 is 0 Å². The van der Waals surface area contributed by atoms with Crippen molar-refractivity contribution >= 4 is 35.3 Å². The second-order valence-corrected chi connectivity index (χ2v) is 4.34. The SMILES string of the molecule is CCOC(=O)c1c(NC(=O)OCCCl)oc(C)c1C(C)=O. The summed E-state index contributed by atoms with van der Waals surface area (Å²) in [6.45, 7) is 4.54. The molecule has 1 rings (SSSR count).